The fourth-order valence-corrected chi connectivity index (χ4v) is 0.679. The van der Waals surface area contributed by atoms with Crippen molar-refractivity contribution in [2.75, 3.05) is 12.9 Å². The van der Waals surface area contributed by atoms with E-state index in [0.29, 0.717) is 12.2 Å². The molecule has 2 N–H and O–H groups in total. The highest BCUT2D eigenvalue weighted by Crippen LogP contribution is 1.93. The van der Waals surface area contributed by atoms with Gasteiger partial charge in [0.2, 0.25) is 0 Å². The first-order chi connectivity index (χ1) is 4.72. The van der Waals surface area contributed by atoms with Gasteiger partial charge in [-0.15, -0.1) is 0 Å². The summed E-state index contributed by atoms with van der Waals surface area (Å²) in [7, 11) is 1.26. The van der Waals surface area contributed by atoms with Gasteiger partial charge in [0.25, 0.3) is 0 Å². The van der Waals surface area contributed by atoms with Gasteiger partial charge in [-0.3, -0.25) is 4.89 Å². The minimum Gasteiger partial charge on any atom is -0.318 e. The summed E-state index contributed by atoms with van der Waals surface area (Å²) in [6, 6.07) is -0.627. The molecule has 0 saturated heterocycles. The zero-order chi connectivity index (χ0) is 7.98. The van der Waals surface area contributed by atoms with Crippen LogP contribution in [-0.2, 0) is 14.6 Å². The summed E-state index contributed by atoms with van der Waals surface area (Å²) in [6.45, 7) is 0. The summed E-state index contributed by atoms with van der Waals surface area (Å²) in [5, 5.41) is 0. The fraction of sp³-hybridized carbons (Fsp3) is 0.800. The molecule has 0 fully saturated rings. The van der Waals surface area contributed by atoms with Crippen molar-refractivity contribution in [3.8, 4) is 0 Å². The second-order valence-corrected chi connectivity index (χ2v) is 2.14. The van der Waals surface area contributed by atoms with E-state index in [0.717, 1.165) is 0 Å². The average molecular weight is 165 g/mol. The highest BCUT2D eigenvalue weighted by Gasteiger charge is 2.13. The zero-order valence-corrected chi connectivity index (χ0v) is 6.64. The molecule has 0 aliphatic rings. The number of carbonyl (C=O) groups is 1. The summed E-state index contributed by atoms with van der Waals surface area (Å²) >= 11 is 3.89. The van der Waals surface area contributed by atoms with Crippen LogP contribution in [0.15, 0.2) is 0 Å². The first-order valence-electron chi connectivity index (χ1n) is 2.83. The van der Waals surface area contributed by atoms with Crippen molar-refractivity contribution >= 4 is 18.6 Å². The van der Waals surface area contributed by atoms with E-state index in [1.165, 1.54) is 7.11 Å². The normalized spacial score (nSPS) is 12.7. The molecule has 0 saturated carbocycles. The first kappa shape index (κ1) is 9.74. The lowest BCUT2D eigenvalue weighted by Crippen LogP contribution is -2.32. The van der Waals surface area contributed by atoms with Gasteiger partial charge in [-0.25, -0.2) is 4.79 Å². The lowest BCUT2D eigenvalue weighted by atomic mass is 10.2. The molecule has 0 rings (SSSR count). The molecule has 0 aromatic heterocycles. The second kappa shape index (κ2) is 5.52. The number of rotatable bonds is 4. The lowest BCUT2D eigenvalue weighted by molar-refractivity contribution is -0.256. The van der Waals surface area contributed by atoms with E-state index >= 15 is 0 Å². The topological polar surface area (TPSA) is 61.5 Å². The second-order valence-electron chi connectivity index (χ2n) is 1.69. The summed E-state index contributed by atoms with van der Waals surface area (Å²) < 4.78 is 0. The van der Waals surface area contributed by atoms with Crippen LogP contribution in [0, 0.1) is 0 Å². The van der Waals surface area contributed by atoms with Crippen molar-refractivity contribution in [1.29, 1.82) is 0 Å². The first-order valence-corrected chi connectivity index (χ1v) is 3.46. The Hall–Kier alpha value is -0.260. The molecule has 0 bridgehead atoms. The predicted octanol–water partition coefficient (Wildman–Crippen LogP) is -0.262. The maximum absolute atomic E-state index is 10.6. The van der Waals surface area contributed by atoms with Crippen molar-refractivity contribution in [1.82, 2.24) is 0 Å². The molecule has 0 aliphatic carbocycles. The van der Waals surface area contributed by atoms with Crippen LogP contribution in [0.4, 0.5) is 0 Å². The third kappa shape index (κ3) is 3.71. The summed E-state index contributed by atoms with van der Waals surface area (Å²) in [5.74, 6) is -0.00321. The summed E-state index contributed by atoms with van der Waals surface area (Å²) in [6.07, 6.45) is 0.491. The standard InChI is InChI=1S/C5H11NO3S/c1-8-9-5(7)4(6)2-3-10/h4,10H,2-3,6H2,1H3. The largest absolute Gasteiger partial charge is 0.358 e. The molecule has 4 nitrogen and oxygen atoms in total. The van der Waals surface area contributed by atoms with E-state index in [1.54, 1.807) is 0 Å². The summed E-state index contributed by atoms with van der Waals surface area (Å²) in [4.78, 5) is 18.9. The molecule has 0 aliphatic heterocycles. The predicted molar refractivity (Wildman–Crippen MR) is 39.5 cm³/mol. The molecule has 0 amide bonds. The SMILES string of the molecule is COOC(=O)C(N)CCS. The number of hydrogen-bond donors (Lipinski definition) is 2. The Morgan fingerprint density at radius 3 is 2.80 bits per heavy atom. The van der Waals surface area contributed by atoms with E-state index in [4.69, 9.17) is 5.73 Å². The van der Waals surface area contributed by atoms with Crippen molar-refractivity contribution in [3.63, 3.8) is 0 Å². The Labute approximate surface area is 65.0 Å². The molecule has 60 valence electrons. The van der Waals surface area contributed by atoms with Crippen LogP contribution in [0.3, 0.4) is 0 Å². The van der Waals surface area contributed by atoms with E-state index in [-0.39, 0.29) is 0 Å². The van der Waals surface area contributed by atoms with Crippen molar-refractivity contribution in [2.24, 2.45) is 5.73 Å². The Morgan fingerprint density at radius 2 is 2.40 bits per heavy atom. The van der Waals surface area contributed by atoms with Gasteiger partial charge in [0.15, 0.2) is 0 Å². The molecule has 0 aromatic rings. The molecule has 0 radical (unpaired) electrons. The maximum Gasteiger partial charge on any atom is 0.358 e. The van der Waals surface area contributed by atoms with Crippen molar-refractivity contribution in [2.45, 2.75) is 12.5 Å². The van der Waals surface area contributed by atoms with Crippen LogP contribution >= 0.6 is 12.6 Å². The van der Waals surface area contributed by atoms with Crippen LogP contribution < -0.4 is 5.73 Å². The molecule has 0 heterocycles. The van der Waals surface area contributed by atoms with Crippen LogP contribution in [0.5, 0.6) is 0 Å². The Bertz CT molecular complexity index is 109. The maximum atomic E-state index is 10.6. The van der Waals surface area contributed by atoms with Gasteiger partial charge in [0, 0.05) is 0 Å². The number of carbonyl (C=O) groups excluding carboxylic acids is 1. The molecule has 1 unspecified atom stereocenters. The Kier molecular flexibility index (Phi) is 5.38. The van der Waals surface area contributed by atoms with E-state index in [2.05, 4.69) is 22.4 Å². The van der Waals surface area contributed by atoms with Crippen LogP contribution in [0.2, 0.25) is 0 Å². The van der Waals surface area contributed by atoms with Gasteiger partial charge in [0.1, 0.15) is 6.04 Å². The monoisotopic (exact) mass is 165 g/mol. The average Bonchev–Trinajstić information content (AvgIpc) is 1.89. The minimum absolute atomic E-state index is 0.491. The number of nitrogens with two attached hydrogens (primary N) is 1. The third-order valence-electron chi connectivity index (χ3n) is 0.908. The molecule has 5 heteroatoms. The smallest absolute Gasteiger partial charge is 0.318 e. The summed E-state index contributed by atoms with van der Waals surface area (Å²) in [5.41, 5.74) is 5.31. The lowest BCUT2D eigenvalue weighted by Gasteiger charge is -2.05. The zero-order valence-electron chi connectivity index (χ0n) is 5.74. The van der Waals surface area contributed by atoms with Gasteiger partial charge < -0.3 is 5.73 Å². The van der Waals surface area contributed by atoms with Crippen LogP contribution in [-0.4, -0.2) is 24.9 Å². The molecule has 10 heavy (non-hydrogen) atoms. The van der Waals surface area contributed by atoms with E-state index < -0.39 is 12.0 Å². The van der Waals surface area contributed by atoms with E-state index in [9.17, 15) is 4.79 Å². The highest BCUT2D eigenvalue weighted by molar-refractivity contribution is 7.80. The number of thiol groups is 1. The van der Waals surface area contributed by atoms with Gasteiger partial charge in [-0.1, -0.05) is 0 Å². The Balaban J connectivity index is 3.49. The fourth-order valence-electron chi connectivity index (χ4n) is 0.401. The molecule has 0 spiro atoms. The third-order valence-corrected chi connectivity index (χ3v) is 1.17. The van der Waals surface area contributed by atoms with Gasteiger partial charge >= 0.3 is 5.97 Å². The van der Waals surface area contributed by atoms with Crippen LogP contribution in [0.25, 0.3) is 0 Å². The molecular formula is C5H11NO3S. The quantitative estimate of drug-likeness (QED) is 0.342. The van der Waals surface area contributed by atoms with E-state index in [1.807, 2.05) is 0 Å². The van der Waals surface area contributed by atoms with Crippen molar-refractivity contribution in [3.05, 3.63) is 0 Å². The van der Waals surface area contributed by atoms with Gasteiger partial charge in [-0.2, -0.15) is 17.5 Å². The highest BCUT2D eigenvalue weighted by atomic mass is 32.1. The molecular weight excluding hydrogens is 154 g/mol. The minimum atomic E-state index is -0.627. The Morgan fingerprint density at radius 1 is 1.80 bits per heavy atom. The molecule has 1 atom stereocenters. The molecule has 0 aromatic carbocycles. The van der Waals surface area contributed by atoms with Gasteiger partial charge in [-0.05, 0) is 12.2 Å². The van der Waals surface area contributed by atoms with Gasteiger partial charge in [0.05, 0.1) is 7.11 Å². The van der Waals surface area contributed by atoms with Crippen LogP contribution in [0.1, 0.15) is 6.42 Å². The number of hydrogen-bond acceptors (Lipinski definition) is 5. The van der Waals surface area contributed by atoms with Crippen molar-refractivity contribution < 1.29 is 14.6 Å².